The highest BCUT2D eigenvalue weighted by atomic mass is 16.5. The van der Waals surface area contributed by atoms with Crippen LogP contribution in [0.2, 0.25) is 0 Å². The molecule has 1 fully saturated rings. The molecule has 2 unspecified atom stereocenters. The van der Waals surface area contributed by atoms with E-state index >= 15 is 0 Å². The summed E-state index contributed by atoms with van der Waals surface area (Å²) in [5.41, 5.74) is 7.00. The average Bonchev–Trinajstić information content (AvgIpc) is 2.72. The highest BCUT2D eigenvalue weighted by Gasteiger charge is 2.19. The lowest BCUT2D eigenvalue weighted by Gasteiger charge is -2.15. The fraction of sp³-hybridized carbons (Fsp3) is 0.600. The van der Waals surface area contributed by atoms with Crippen LogP contribution in [0.1, 0.15) is 30.9 Å². The van der Waals surface area contributed by atoms with Gasteiger partial charge in [0.15, 0.2) is 0 Å². The van der Waals surface area contributed by atoms with E-state index in [1.54, 1.807) is 12.4 Å². The Labute approximate surface area is 83.5 Å². The van der Waals surface area contributed by atoms with Crippen LogP contribution >= 0.6 is 0 Å². The molecule has 76 valence electrons. The molecule has 0 amide bonds. The average molecular weight is 193 g/mol. The predicted octanol–water partition coefficient (Wildman–Crippen LogP) is 1.05. The third-order valence-electron chi connectivity index (χ3n) is 2.55. The first-order valence-electron chi connectivity index (χ1n) is 4.98. The van der Waals surface area contributed by atoms with Gasteiger partial charge >= 0.3 is 0 Å². The molecule has 4 heteroatoms. The van der Waals surface area contributed by atoms with Gasteiger partial charge in [0, 0.05) is 30.6 Å². The summed E-state index contributed by atoms with van der Waals surface area (Å²) in [5, 5.41) is 0. The normalized spacial score (nSPS) is 23.6. The largest absolute Gasteiger partial charge is 0.378 e. The van der Waals surface area contributed by atoms with Gasteiger partial charge in [-0.05, 0) is 19.3 Å². The Morgan fingerprint density at radius 3 is 2.93 bits per heavy atom. The standard InChI is InChI=1S/C10H15N3O/c11-10(4-9-2-1-3-14-9)8-5-12-7-13-6-8/h5-7,9-10H,1-4,11H2. The van der Waals surface area contributed by atoms with Crippen LogP contribution < -0.4 is 5.73 Å². The second-order valence-corrected chi connectivity index (χ2v) is 3.65. The molecule has 0 radical (unpaired) electrons. The fourth-order valence-electron chi connectivity index (χ4n) is 1.75. The van der Waals surface area contributed by atoms with Crippen LogP contribution in [0.25, 0.3) is 0 Å². The van der Waals surface area contributed by atoms with Crippen molar-refractivity contribution in [1.29, 1.82) is 0 Å². The number of hydrogen-bond acceptors (Lipinski definition) is 4. The molecule has 2 N–H and O–H groups in total. The van der Waals surface area contributed by atoms with Crippen molar-refractivity contribution in [2.24, 2.45) is 5.73 Å². The van der Waals surface area contributed by atoms with Gasteiger partial charge in [-0.2, -0.15) is 0 Å². The van der Waals surface area contributed by atoms with E-state index in [0.29, 0.717) is 6.10 Å². The third kappa shape index (κ3) is 2.27. The molecule has 1 aliphatic heterocycles. The van der Waals surface area contributed by atoms with E-state index in [9.17, 15) is 0 Å². The second kappa shape index (κ2) is 4.48. The zero-order valence-corrected chi connectivity index (χ0v) is 8.10. The van der Waals surface area contributed by atoms with E-state index in [1.807, 2.05) is 0 Å². The Hall–Kier alpha value is -1.00. The second-order valence-electron chi connectivity index (χ2n) is 3.65. The van der Waals surface area contributed by atoms with Gasteiger partial charge in [0.1, 0.15) is 6.33 Å². The van der Waals surface area contributed by atoms with Crippen molar-refractivity contribution in [3.63, 3.8) is 0 Å². The van der Waals surface area contributed by atoms with Gasteiger partial charge in [0.2, 0.25) is 0 Å². The van der Waals surface area contributed by atoms with Gasteiger partial charge < -0.3 is 10.5 Å². The van der Waals surface area contributed by atoms with Gasteiger partial charge in [-0.15, -0.1) is 0 Å². The van der Waals surface area contributed by atoms with E-state index in [1.165, 1.54) is 6.33 Å². The third-order valence-corrected chi connectivity index (χ3v) is 2.55. The molecule has 1 saturated heterocycles. The summed E-state index contributed by atoms with van der Waals surface area (Å²) < 4.78 is 5.52. The molecule has 14 heavy (non-hydrogen) atoms. The van der Waals surface area contributed by atoms with Crippen molar-refractivity contribution >= 4 is 0 Å². The van der Waals surface area contributed by atoms with Crippen molar-refractivity contribution in [2.45, 2.75) is 31.4 Å². The van der Waals surface area contributed by atoms with Crippen molar-refractivity contribution in [3.05, 3.63) is 24.3 Å². The Balaban J connectivity index is 1.92. The van der Waals surface area contributed by atoms with Crippen LogP contribution in [0.3, 0.4) is 0 Å². The molecule has 0 bridgehead atoms. The molecule has 0 aromatic carbocycles. The van der Waals surface area contributed by atoms with Gasteiger partial charge in [0.05, 0.1) is 6.10 Å². The SMILES string of the molecule is NC(CC1CCCO1)c1cncnc1. The minimum absolute atomic E-state index is 0.000648. The summed E-state index contributed by atoms with van der Waals surface area (Å²) in [6.45, 7) is 0.878. The maximum absolute atomic E-state index is 6.01. The zero-order valence-electron chi connectivity index (χ0n) is 8.10. The fourth-order valence-corrected chi connectivity index (χ4v) is 1.75. The smallest absolute Gasteiger partial charge is 0.115 e. The van der Waals surface area contributed by atoms with E-state index in [4.69, 9.17) is 10.5 Å². The maximum Gasteiger partial charge on any atom is 0.115 e. The summed E-state index contributed by atoms with van der Waals surface area (Å²) in [7, 11) is 0. The lowest BCUT2D eigenvalue weighted by atomic mass is 10.0. The molecule has 2 heterocycles. The minimum atomic E-state index is -0.000648. The highest BCUT2D eigenvalue weighted by molar-refractivity contribution is 5.08. The van der Waals surface area contributed by atoms with Crippen molar-refractivity contribution in [3.8, 4) is 0 Å². The molecule has 0 saturated carbocycles. The predicted molar refractivity (Wildman–Crippen MR) is 52.6 cm³/mol. The Kier molecular flexibility index (Phi) is 3.06. The summed E-state index contributed by atoms with van der Waals surface area (Å²) in [6, 6.07) is -0.000648. The lowest BCUT2D eigenvalue weighted by molar-refractivity contribution is 0.0983. The van der Waals surface area contributed by atoms with Crippen LogP contribution in [0.4, 0.5) is 0 Å². The lowest BCUT2D eigenvalue weighted by Crippen LogP contribution is -2.18. The number of hydrogen-bond donors (Lipinski definition) is 1. The molecule has 2 rings (SSSR count). The van der Waals surface area contributed by atoms with Crippen LogP contribution in [-0.4, -0.2) is 22.7 Å². The monoisotopic (exact) mass is 193 g/mol. The molecule has 1 aromatic rings. The number of nitrogens with two attached hydrogens (primary N) is 1. The van der Waals surface area contributed by atoms with Crippen molar-refractivity contribution in [1.82, 2.24) is 9.97 Å². The minimum Gasteiger partial charge on any atom is -0.378 e. The molecular weight excluding hydrogens is 178 g/mol. The molecule has 1 aromatic heterocycles. The topological polar surface area (TPSA) is 61.0 Å². The zero-order chi connectivity index (χ0) is 9.80. The quantitative estimate of drug-likeness (QED) is 0.779. The molecule has 1 aliphatic rings. The Morgan fingerprint density at radius 1 is 1.50 bits per heavy atom. The number of aromatic nitrogens is 2. The Morgan fingerprint density at radius 2 is 2.29 bits per heavy atom. The highest BCUT2D eigenvalue weighted by Crippen LogP contribution is 2.22. The maximum atomic E-state index is 6.01. The van der Waals surface area contributed by atoms with Crippen LogP contribution in [0.5, 0.6) is 0 Å². The van der Waals surface area contributed by atoms with E-state index in [0.717, 1.165) is 31.4 Å². The van der Waals surface area contributed by atoms with Crippen molar-refractivity contribution in [2.75, 3.05) is 6.61 Å². The molecule has 0 aliphatic carbocycles. The van der Waals surface area contributed by atoms with Crippen LogP contribution in [0, 0.1) is 0 Å². The summed E-state index contributed by atoms with van der Waals surface area (Å²) in [5.74, 6) is 0. The van der Waals surface area contributed by atoms with Crippen molar-refractivity contribution < 1.29 is 4.74 Å². The van der Waals surface area contributed by atoms with Gasteiger partial charge in [-0.25, -0.2) is 9.97 Å². The first kappa shape index (κ1) is 9.55. The molecule has 4 nitrogen and oxygen atoms in total. The van der Waals surface area contributed by atoms with Crippen LogP contribution in [-0.2, 0) is 4.74 Å². The molecule has 2 atom stereocenters. The number of ether oxygens (including phenoxy) is 1. The van der Waals surface area contributed by atoms with E-state index in [-0.39, 0.29) is 6.04 Å². The van der Waals surface area contributed by atoms with E-state index in [2.05, 4.69) is 9.97 Å². The summed E-state index contributed by atoms with van der Waals surface area (Å²) >= 11 is 0. The summed E-state index contributed by atoms with van der Waals surface area (Å²) in [4.78, 5) is 7.90. The molecule has 0 spiro atoms. The van der Waals surface area contributed by atoms with Gasteiger partial charge in [-0.3, -0.25) is 0 Å². The number of rotatable bonds is 3. The Bertz CT molecular complexity index is 272. The van der Waals surface area contributed by atoms with Gasteiger partial charge in [0.25, 0.3) is 0 Å². The number of nitrogens with zero attached hydrogens (tertiary/aromatic N) is 2. The molecular formula is C10H15N3O. The summed E-state index contributed by atoms with van der Waals surface area (Å²) in [6.07, 6.45) is 8.53. The van der Waals surface area contributed by atoms with Gasteiger partial charge in [-0.1, -0.05) is 0 Å². The first-order chi connectivity index (χ1) is 6.86. The van der Waals surface area contributed by atoms with Crippen LogP contribution in [0.15, 0.2) is 18.7 Å². The first-order valence-corrected chi connectivity index (χ1v) is 4.98. The van der Waals surface area contributed by atoms with E-state index < -0.39 is 0 Å².